The average molecular weight is 368 g/mol. The zero-order chi connectivity index (χ0) is 17.9. The number of benzene rings is 1. The number of rotatable bonds is 4. The van der Waals surface area contributed by atoms with E-state index in [0.717, 1.165) is 36.7 Å². The lowest BCUT2D eigenvalue weighted by Crippen LogP contribution is -2.44. The van der Waals surface area contributed by atoms with Gasteiger partial charge in [0.15, 0.2) is 5.69 Å². The molecule has 2 aromatic heterocycles. The summed E-state index contributed by atoms with van der Waals surface area (Å²) >= 11 is 1.46. The summed E-state index contributed by atoms with van der Waals surface area (Å²) < 4.78 is 0. The van der Waals surface area contributed by atoms with Crippen LogP contribution in [0.5, 0.6) is 0 Å². The lowest BCUT2D eigenvalue weighted by Gasteiger charge is -2.34. The van der Waals surface area contributed by atoms with E-state index in [0.29, 0.717) is 11.6 Å². The summed E-state index contributed by atoms with van der Waals surface area (Å²) in [5.74, 6) is 0.336. The smallest absolute Gasteiger partial charge is 0.280 e. The van der Waals surface area contributed by atoms with E-state index in [1.54, 1.807) is 0 Å². The first-order valence-corrected chi connectivity index (χ1v) is 9.38. The monoisotopic (exact) mass is 368 g/mol. The van der Waals surface area contributed by atoms with Crippen LogP contribution in [0.25, 0.3) is 10.6 Å². The van der Waals surface area contributed by atoms with Gasteiger partial charge in [-0.25, -0.2) is 0 Å². The second kappa shape index (κ2) is 7.27. The van der Waals surface area contributed by atoms with Gasteiger partial charge in [0.25, 0.3) is 5.56 Å². The first-order valence-electron chi connectivity index (χ1n) is 8.50. The number of aromatic nitrogens is 3. The van der Waals surface area contributed by atoms with E-state index in [1.165, 1.54) is 17.0 Å². The Morgan fingerprint density at radius 1 is 1.08 bits per heavy atom. The highest BCUT2D eigenvalue weighted by Gasteiger charge is 2.14. The molecule has 7 nitrogen and oxygen atoms in total. The molecule has 0 radical (unpaired) electrons. The van der Waals surface area contributed by atoms with Crippen molar-refractivity contribution in [2.75, 3.05) is 43.4 Å². The third kappa shape index (κ3) is 3.61. The van der Waals surface area contributed by atoms with Crippen molar-refractivity contribution in [3.05, 3.63) is 52.1 Å². The standard InChI is InChI=1S/C18H20N6OS/c1-23-8-10-24(11-9-23)14-6-4-13(5-7-14)19-18-20-17(25)16(21-22-18)15-3-2-12-26-15/h2-7,12H,8-11H2,1H3,(H2,19,20,22,25). The van der Waals surface area contributed by atoms with Crippen LogP contribution in [-0.4, -0.2) is 53.3 Å². The molecule has 1 aromatic carbocycles. The van der Waals surface area contributed by atoms with Gasteiger partial charge in [-0.15, -0.1) is 21.5 Å². The molecule has 1 aliphatic heterocycles. The fraction of sp³-hybridized carbons (Fsp3) is 0.278. The van der Waals surface area contributed by atoms with Crippen LogP contribution in [0.1, 0.15) is 0 Å². The van der Waals surface area contributed by atoms with Gasteiger partial charge in [-0.3, -0.25) is 9.78 Å². The van der Waals surface area contributed by atoms with Crippen LogP contribution in [0, 0.1) is 0 Å². The predicted molar refractivity (Wildman–Crippen MR) is 105 cm³/mol. The van der Waals surface area contributed by atoms with Gasteiger partial charge in [0.1, 0.15) is 0 Å². The van der Waals surface area contributed by atoms with Crippen molar-refractivity contribution < 1.29 is 0 Å². The van der Waals surface area contributed by atoms with Crippen LogP contribution in [-0.2, 0) is 0 Å². The van der Waals surface area contributed by atoms with E-state index in [1.807, 2.05) is 29.6 Å². The first kappa shape index (κ1) is 16.7. The molecule has 4 rings (SSSR count). The number of thiophene rings is 1. The van der Waals surface area contributed by atoms with Crippen LogP contribution in [0.2, 0.25) is 0 Å². The minimum absolute atomic E-state index is 0.251. The van der Waals surface area contributed by atoms with Crippen molar-refractivity contribution in [3.8, 4) is 10.6 Å². The molecule has 0 saturated carbocycles. The Hall–Kier alpha value is -2.71. The molecule has 1 fully saturated rings. The second-order valence-electron chi connectivity index (χ2n) is 6.29. The number of nitrogens with one attached hydrogen (secondary N) is 2. The normalized spacial score (nSPS) is 15.2. The average Bonchev–Trinajstić information content (AvgIpc) is 3.18. The number of H-pyrrole nitrogens is 1. The molecular weight excluding hydrogens is 348 g/mol. The van der Waals surface area contributed by atoms with Gasteiger partial charge in [0.05, 0.1) is 4.88 Å². The molecule has 26 heavy (non-hydrogen) atoms. The van der Waals surface area contributed by atoms with E-state index in [2.05, 4.69) is 49.5 Å². The van der Waals surface area contributed by atoms with Gasteiger partial charge in [0, 0.05) is 37.6 Å². The molecular formula is C18H20N6OS. The summed E-state index contributed by atoms with van der Waals surface area (Å²) in [6, 6.07) is 11.9. The highest BCUT2D eigenvalue weighted by Crippen LogP contribution is 2.21. The maximum Gasteiger partial charge on any atom is 0.280 e. The zero-order valence-electron chi connectivity index (χ0n) is 14.5. The predicted octanol–water partition coefficient (Wildman–Crippen LogP) is 2.39. The lowest BCUT2D eigenvalue weighted by atomic mass is 10.2. The maximum absolute atomic E-state index is 12.2. The zero-order valence-corrected chi connectivity index (χ0v) is 15.3. The van der Waals surface area contributed by atoms with Crippen LogP contribution in [0.3, 0.4) is 0 Å². The van der Waals surface area contributed by atoms with Crippen LogP contribution >= 0.6 is 11.3 Å². The molecule has 8 heteroatoms. The SMILES string of the molecule is CN1CCN(c2ccc(Nc3nnc(-c4cccs4)c(=O)[nH]3)cc2)CC1. The summed E-state index contributed by atoms with van der Waals surface area (Å²) in [5.41, 5.74) is 2.16. The van der Waals surface area contributed by atoms with Crippen molar-refractivity contribution in [3.63, 3.8) is 0 Å². The third-order valence-corrected chi connectivity index (χ3v) is 5.33. The number of hydrogen-bond acceptors (Lipinski definition) is 7. The number of likely N-dealkylation sites (N-methyl/N-ethyl adjacent to an activating group) is 1. The number of piperazine rings is 1. The first-order chi connectivity index (χ1) is 12.7. The molecule has 3 aromatic rings. The Labute approximate surface area is 155 Å². The van der Waals surface area contributed by atoms with Crippen LogP contribution < -0.4 is 15.8 Å². The van der Waals surface area contributed by atoms with Crippen molar-refractivity contribution in [2.45, 2.75) is 0 Å². The molecule has 0 atom stereocenters. The van der Waals surface area contributed by atoms with E-state index in [4.69, 9.17) is 0 Å². The Morgan fingerprint density at radius 2 is 1.85 bits per heavy atom. The van der Waals surface area contributed by atoms with Gasteiger partial charge in [-0.2, -0.15) is 0 Å². The van der Waals surface area contributed by atoms with Crippen molar-refractivity contribution >= 4 is 28.7 Å². The molecule has 0 aliphatic carbocycles. The van der Waals surface area contributed by atoms with Gasteiger partial charge < -0.3 is 15.1 Å². The molecule has 0 bridgehead atoms. The van der Waals surface area contributed by atoms with E-state index in [-0.39, 0.29) is 5.56 Å². The Balaban J connectivity index is 1.46. The van der Waals surface area contributed by atoms with Crippen LogP contribution in [0.4, 0.5) is 17.3 Å². The number of hydrogen-bond donors (Lipinski definition) is 2. The van der Waals surface area contributed by atoms with Gasteiger partial charge in [-0.05, 0) is 42.8 Å². The molecule has 1 aliphatic rings. The fourth-order valence-corrected chi connectivity index (χ4v) is 3.63. The molecule has 0 unspecified atom stereocenters. The van der Waals surface area contributed by atoms with E-state index >= 15 is 0 Å². The van der Waals surface area contributed by atoms with Gasteiger partial charge in [0.2, 0.25) is 5.95 Å². The number of aromatic amines is 1. The highest BCUT2D eigenvalue weighted by molar-refractivity contribution is 7.13. The quantitative estimate of drug-likeness (QED) is 0.736. The highest BCUT2D eigenvalue weighted by atomic mass is 32.1. The summed E-state index contributed by atoms with van der Waals surface area (Å²) in [7, 11) is 2.15. The Bertz CT molecular complexity index is 914. The van der Waals surface area contributed by atoms with E-state index < -0.39 is 0 Å². The van der Waals surface area contributed by atoms with Gasteiger partial charge in [-0.1, -0.05) is 6.07 Å². The third-order valence-electron chi connectivity index (χ3n) is 4.45. The number of nitrogens with zero attached hydrogens (tertiary/aromatic N) is 4. The van der Waals surface area contributed by atoms with Crippen molar-refractivity contribution in [1.29, 1.82) is 0 Å². The summed E-state index contributed by atoms with van der Waals surface area (Å²) in [6.45, 7) is 4.22. The van der Waals surface area contributed by atoms with Crippen molar-refractivity contribution in [2.24, 2.45) is 0 Å². The summed E-state index contributed by atoms with van der Waals surface area (Å²) in [4.78, 5) is 20.5. The lowest BCUT2D eigenvalue weighted by molar-refractivity contribution is 0.313. The summed E-state index contributed by atoms with van der Waals surface area (Å²) in [5, 5.41) is 13.2. The topological polar surface area (TPSA) is 77.2 Å². The molecule has 2 N–H and O–H groups in total. The second-order valence-corrected chi connectivity index (χ2v) is 7.24. The van der Waals surface area contributed by atoms with E-state index in [9.17, 15) is 4.79 Å². The minimum atomic E-state index is -0.251. The largest absolute Gasteiger partial charge is 0.369 e. The van der Waals surface area contributed by atoms with Gasteiger partial charge >= 0.3 is 0 Å². The Kier molecular flexibility index (Phi) is 4.68. The molecule has 1 saturated heterocycles. The fourth-order valence-electron chi connectivity index (χ4n) is 2.92. The maximum atomic E-state index is 12.2. The molecule has 0 amide bonds. The minimum Gasteiger partial charge on any atom is -0.369 e. The van der Waals surface area contributed by atoms with Crippen molar-refractivity contribution in [1.82, 2.24) is 20.1 Å². The number of anilines is 3. The molecule has 0 spiro atoms. The Morgan fingerprint density at radius 3 is 2.50 bits per heavy atom. The molecule has 3 heterocycles. The summed E-state index contributed by atoms with van der Waals surface area (Å²) in [6.07, 6.45) is 0. The van der Waals surface area contributed by atoms with Crippen LogP contribution in [0.15, 0.2) is 46.6 Å². The molecule has 134 valence electrons.